The zero-order chi connectivity index (χ0) is 6.97. The minimum absolute atomic E-state index is 0.00917. The lowest BCUT2D eigenvalue weighted by Crippen LogP contribution is -2.33. The smallest absolute Gasteiger partial charge is 0.0546 e. The Hall–Kier alpha value is -0.0800. The second kappa shape index (κ2) is 2.51. The summed E-state index contributed by atoms with van der Waals surface area (Å²) in [6.07, 6.45) is 3.39. The number of nitrogens with one attached hydrogen (secondary N) is 1. The van der Waals surface area contributed by atoms with Crippen LogP contribution in [0, 0.1) is 11.8 Å². The van der Waals surface area contributed by atoms with E-state index in [4.69, 9.17) is 0 Å². The van der Waals surface area contributed by atoms with Gasteiger partial charge in [-0.15, -0.1) is 0 Å². The molecule has 0 bridgehead atoms. The molecule has 1 saturated heterocycles. The summed E-state index contributed by atoms with van der Waals surface area (Å²) in [6.45, 7) is 2.30. The Morgan fingerprint density at radius 1 is 1.20 bits per heavy atom. The normalized spacial score (nSPS) is 47.1. The molecule has 58 valence electrons. The van der Waals surface area contributed by atoms with E-state index in [0.717, 1.165) is 37.8 Å². The van der Waals surface area contributed by atoms with Crippen LogP contribution in [-0.4, -0.2) is 24.3 Å². The van der Waals surface area contributed by atoms with Crippen LogP contribution in [0.15, 0.2) is 0 Å². The van der Waals surface area contributed by atoms with E-state index in [-0.39, 0.29) is 6.10 Å². The zero-order valence-corrected chi connectivity index (χ0v) is 6.21. The largest absolute Gasteiger partial charge is 0.393 e. The van der Waals surface area contributed by atoms with Crippen molar-refractivity contribution in [2.75, 3.05) is 13.1 Å². The maximum Gasteiger partial charge on any atom is 0.0546 e. The molecule has 0 unspecified atom stereocenters. The van der Waals surface area contributed by atoms with Crippen molar-refractivity contribution in [2.24, 2.45) is 11.8 Å². The number of fused-ring (bicyclic) bond motifs is 1. The van der Waals surface area contributed by atoms with E-state index in [1.165, 1.54) is 6.42 Å². The van der Waals surface area contributed by atoms with Gasteiger partial charge >= 0.3 is 0 Å². The van der Waals surface area contributed by atoms with Gasteiger partial charge in [-0.3, -0.25) is 0 Å². The van der Waals surface area contributed by atoms with Gasteiger partial charge in [0.2, 0.25) is 0 Å². The van der Waals surface area contributed by atoms with Gasteiger partial charge in [0.15, 0.2) is 0 Å². The first kappa shape index (κ1) is 6.62. The van der Waals surface area contributed by atoms with E-state index in [9.17, 15) is 5.11 Å². The molecule has 0 amide bonds. The van der Waals surface area contributed by atoms with E-state index < -0.39 is 0 Å². The number of piperidine rings is 1. The third kappa shape index (κ3) is 1.06. The standard InChI is InChI=1S/C8H15NO/c10-8-3-6-1-2-9-5-7(6)4-8/h6-10H,1-5H2/t6-,7-,8-/m1/s1. The summed E-state index contributed by atoms with van der Waals surface area (Å²) in [5.41, 5.74) is 0. The third-order valence-electron chi connectivity index (χ3n) is 2.91. The second-order valence-electron chi connectivity index (χ2n) is 3.64. The van der Waals surface area contributed by atoms with Gasteiger partial charge in [-0.25, -0.2) is 0 Å². The fourth-order valence-electron chi connectivity index (χ4n) is 2.36. The summed E-state index contributed by atoms with van der Waals surface area (Å²) in [7, 11) is 0. The fourth-order valence-corrected chi connectivity index (χ4v) is 2.36. The van der Waals surface area contributed by atoms with Crippen molar-refractivity contribution < 1.29 is 5.11 Å². The van der Waals surface area contributed by atoms with E-state index in [0.29, 0.717) is 0 Å². The monoisotopic (exact) mass is 141 g/mol. The Kier molecular flexibility index (Phi) is 1.66. The average Bonchev–Trinajstić information content (AvgIpc) is 2.27. The lowest BCUT2D eigenvalue weighted by atomic mass is 9.90. The Labute approximate surface area is 61.6 Å². The van der Waals surface area contributed by atoms with Crippen LogP contribution in [0.25, 0.3) is 0 Å². The SMILES string of the molecule is O[C@@H]1C[C@H]2CCNC[C@H]2C1. The van der Waals surface area contributed by atoms with Gasteiger partial charge in [0.1, 0.15) is 0 Å². The highest BCUT2D eigenvalue weighted by Crippen LogP contribution is 2.35. The highest BCUT2D eigenvalue weighted by atomic mass is 16.3. The van der Waals surface area contributed by atoms with Gasteiger partial charge in [-0.1, -0.05) is 0 Å². The van der Waals surface area contributed by atoms with Gasteiger partial charge in [-0.05, 0) is 44.2 Å². The Morgan fingerprint density at radius 3 is 2.80 bits per heavy atom. The third-order valence-corrected chi connectivity index (χ3v) is 2.91. The molecule has 2 heteroatoms. The van der Waals surface area contributed by atoms with Crippen molar-refractivity contribution in [1.29, 1.82) is 0 Å². The van der Waals surface area contributed by atoms with Crippen LogP contribution in [0.5, 0.6) is 0 Å². The fraction of sp³-hybridized carbons (Fsp3) is 1.00. The van der Waals surface area contributed by atoms with Crippen LogP contribution in [0.4, 0.5) is 0 Å². The van der Waals surface area contributed by atoms with Crippen LogP contribution < -0.4 is 5.32 Å². The summed E-state index contributed by atoms with van der Waals surface area (Å²) >= 11 is 0. The number of hydrogen-bond acceptors (Lipinski definition) is 2. The molecule has 2 aliphatic rings. The molecular formula is C8H15NO. The van der Waals surface area contributed by atoms with Gasteiger partial charge in [0.25, 0.3) is 0 Å². The summed E-state index contributed by atoms with van der Waals surface area (Å²) < 4.78 is 0. The van der Waals surface area contributed by atoms with E-state index >= 15 is 0 Å². The van der Waals surface area contributed by atoms with E-state index in [1.54, 1.807) is 0 Å². The van der Waals surface area contributed by atoms with Crippen molar-refractivity contribution in [1.82, 2.24) is 5.32 Å². The summed E-state index contributed by atoms with van der Waals surface area (Å²) in [6, 6.07) is 0. The molecule has 2 nitrogen and oxygen atoms in total. The molecule has 3 atom stereocenters. The molecule has 0 aromatic heterocycles. The topological polar surface area (TPSA) is 32.3 Å². The number of aliphatic hydroxyl groups is 1. The van der Waals surface area contributed by atoms with Gasteiger partial charge in [-0.2, -0.15) is 0 Å². The highest BCUT2D eigenvalue weighted by Gasteiger charge is 2.34. The van der Waals surface area contributed by atoms with Crippen molar-refractivity contribution in [3.05, 3.63) is 0 Å². The zero-order valence-electron chi connectivity index (χ0n) is 6.21. The Balaban J connectivity index is 1.97. The first-order chi connectivity index (χ1) is 4.86. The number of hydrogen-bond donors (Lipinski definition) is 2. The molecule has 1 aliphatic carbocycles. The van der Waals surface area contributed by atoms with Gasteiger partial charge in [0, 0.05) is 0 Å². The number of aliphatic hydroxyl groups excluding tert-OH is 1. The molecule has 1 saturated carbocycles. The minimum atomic E-state index is 0.00917. The quantitative estimate of drug-likeness (QED) is 0.510. The van der Waals surface area contributed by atoms with Crippen LogP contribution in [0.2, 0.25) is 0 Å². The molecule has 0 aromatic rings. The first-order valence-electron chi connectivity index (χ1n) is 4.25. The molecule has 0 radical (unpaired) electrons. The van der Waals surface area contributed by atoms with Crippen molar-refractivity contribution >= 4 is 0 Å². The maximum atomic E-state index is 9.33. The Morgan fingerprint density at radius 2 is 2.00 bits per heavy atom. The van der Waals surface area contributed by atoms with Crippen LogP contribution >= 0.6 is 0 Å². The summed E-state index contributed by atoms with van der Waals surface area (Å²) in [5.74, 6) is 1.61. The molecule has 0 aromatic carbocycles. The highest BCUT2D eigenvalue weighted by molar-refractivity contribution is 4.87. The molecule has 10 heavy (non-hydrogen) atoms. The maximum absolute atomic E-state index is 9.33. The molecular weight excluding hydrogens is 126 g/mol. The van der Waals surface area contributed by atoms with Crippen molar-refractivity contribution in [2.45, 2.75) is 25.4 Å². The van der Waals surface area contributed by atoms with Crippen LogP contribution in [0.3, 0.4) is 0 Å². The molecule has 2 fully saturated rings. The van der Waals surface area contributed by atoms with E-state index in [2.05, 4.69) is 5.32 Å². The van der Waals surface area contributed by atoms with E-state index in [1.807, 2.05) is 0 Å². The van der Waals surface area contributed by atoms with Crippen LogP contribution in [-0.2, 0) is 0 Å². The molecule has 1 aliphatic heterocycles. The number of rotatable bonds is 0. The van der Waals surface area contributed by atoms with Gasteiger partial charge in [0.05, 0.1) is 6.10 Å². The molecule has 2 N–H and O–H groups in total. The Bertz CT molecular complexity index is 112. The minimum Gasteiger partial charge on any atom is -0.393 e. The van der Waals surface area contributed by atoms with Crippen molar-refractivity contribution in [3.63, 3.8) is 0 Å². The first-order valence-corrected chi connectivity index (χ1v) is 4.25. The lowest BCUT2D eigenvalue weighted by Gasteiger charge is -2.25. The molecule has 2 rings (SSSR count). The average molecular weight is 141 g/mol. The van der Waals surface area contributed by atoms with Crippen molar-refractivity contribution in [3.8, 4) is 0 Å². The lowest BCUT2D eigenvalue weighted by molar-refractivity contribution is 0.176. The predicted molar refractivity (Wildman–Crippen MR) is 39.7 cm³/mol. The molecule has 0 spiro atoms. The predicted octanol–water partition coefficient (Wildman–Crippen LogP) is 0.367. The van der Waals surface area contributed by atoms with Gasteiger partial charge < -0.3 is 10.4 Å². The van der Waals surface area contributed by atoms with Crippen LogP contribution in [0.1, 0.15) is 19.3 Å². The molecule has 1 heterocycles. The summed E-state index contributed by atoms with van der Waals surface area (Å²) in [5, 5.41) is 12.7. The second-order valence-corrected chi connectivity index (χ2v) is 3.64. The summed E-state index contributed by atoms with van der Waals surface area (Å²) in [4.78, 5) is 0.